The number of allylic oxidation sites excluding steroid dienone is 1. The third-order valence-electron chi connectivity index (χ3n) is 1.43. The van der Waals surface area contributed by atoms with E-state index in [4.69, 9.17) is 0 Å². The Bertz CT molecular complexity index is 268. The number of rotatable bonds is 3. The van der Waals surface area contributed by atoms with Crippen LogP contribution in [-0.4, -0.2) is 5.33 Å². The van der Waals surface area contributed by atoms with Gasteiger partial charge in [-0.15, -0.1) is 0 Å². The minimum absolute atomic E-state index is 0.184. The van der Waals surface area contributed by atoms with Gasteiger partial charge in [0, 0.05) is 5.33 Å². The van der Waals surface area contributed by atoms with Crippen LogP contribution in [0.1, 0.15) is 12.0 Å². The van der Waals surface area contributed by atoms with Gasteiger partial charge in [0.1, 0.15) is 5.82 Å². The van der Waals surface area contributed by atoms with Gasteiger partial charge in [-0.25, -0.2) is 4.39 Å². The molecule has 0 aliphatic heterocycles. The predicted octanol–water partition coefficient (Wildman–Crippen LogP) is 3.62. The summed E-state index contributed by atoms with van der Waals surface area (Å²) in [6, 6.07) is 6.56. The molecule has 2 heteroatoms. The Kier molecular flexibility index (Phi) is 4.01. The highest BCUT2D eigenvalue weighted by molar-refractivity contribution is 9.09. The van der Waals surface area contributed by atoms with Crippen molar-refractivity contribution in [1.82, 2.24) is 0 Å². The van der Waals surface area contributed by atoms with Crippen LogP contribution in [0.5, 0.6) is 0 Å². The van der Waals surface area contributed by atoms with E-state index in [-0.39, 0.29) is 5.82 Å². The van der Waals surface area contributed by atoms with Gasteiger partial charge in [0.05, 0.1) is 0 Å². The Morgan fingerprint density at radius 2 is 2.25 bits per heavy atom. The maximum atomic E-state index is 12.6. The Hall–Kier alpha value is -0.630. The first kappa shape index (κ1) is 9.46. The second kappa shape index (κ2) is 5.09. The van der Waals surface area contributed by atoms with Crippen LogP contribution in [0.2, 0.25) is 0 Å². The quantitative estimate of drug-likeness (QED) is 0.694. The van der Waals surface area contributed by atoms with E-state index in [1.165, 1.54) is 12.1 Å². The molecule has 1 aromatic carbocycles. The summed E-state index contributed by atoms with van der Waals surface area (Å²) in [6.45, 7) is 0. The van der Waals surface area contributed by atoms with Crippen LogP contribution in [0, 0.1) is 5.82 Å². The lowest BCUT2D eigenvalue weighted by Gasteiger charge is -1.92. The van der Waals surface area contributed by atoms with Gasteiger partial charge in [-0.2, -0.15) is 0 Å². The molecule has 0 atom stereocenters. The fourth-order valence-electron chi connectivity index (χ4n) is 0.893. The summed E-state index contributed by atoms with van der Waals surface area (Å²) in [5, 5.41) is 0.943. The largest absolute Gasteiger partial charge is 0.207 e. The first-order valence-electron chi connectivity index (χ1n) is 3.81. The van der Waals surface area contributed by atoms with E-state index >= 15 is 0 Å². The van der Waals surface area contributed by atoms with Gasteiger partial charge in [0.25, 0.3) is 0 Å². The monoisotopic (exact) mass is 228 g/mol. The highest BCUT2D eigenvalue weighted by Gasteiger charge is 1.88. The lowest BCUT2D eigenvalue weighted by atomic mass is 10.2. The molecular formula is C10H10BrF. The maximum absolute atomic E-state index is 12.6. The van der Waals surface area contributed by atoms with Crippen molar-refractivity contribution in [3.05, 3.63) is 41.7 Å². The van der Waals surface area contributed by atoms with Gasteiger partial charge >= 0.3 is 0 Å². The number of alkyl halides is 1. The molecule has 0 amide bonds. The third-order valence-corrected chi connectivity index (χ3v) is 1.89. The molecule has 0 unspecified atom stereocenters. The molecule has 0 nitrogen and oxygen atoms in total. The molecule has 0 radical (unpaired) electrons. The van der Waals surface area contributed by atoms with E-state index in [1.54, 1.807) is 6.07 Å². The molecule has 0 saturated carbocycles. The molecule has 0 aliphatic rings. The van der Waals surface area contributed by atoms with E-state index in [2.05, 4.69) is 15.9 Å². The van der Waals surface area contributed by atoms with Crippen molar-refractivity contribution in [3.8, 4) is 0 Å². The van der Waals surface area contributed by atoms with Crippen molar-refractivity contribution in [2.24, 2.45) is 0 Å². The van der Waals surface area contributed by atoms with Gasteiger partial charge in [-0.1, -0.05) is 40.2 Å². The fourth-order valence-corrected chi connectivity index (χ4v) is 1.16. The number of hydrogen-bond acceptors (Lipinski definition) is 0. The maximum Gasteiger partial charge on any atom is 0.123 e. The Balaban J connectivity index is 2.63. The van der Waals surface area contributed by atoms with Crippen LogP contribution in [0.25, 0.3) is 6.08 Å². The van der Waals surface area contributed by atoms with Gasteiger partial charge in [-0.05, 0) is 24.1 Å². The van der Waals surface area contributed by atoms with E-state index < -0.39 is 0 Å². The average molecular weight is 229 g/mol. The van der Waals surface area contributed by atoms with E-state index in [0.29, 0.717) is 0 Å². The van der Waals surface area contributed by atoms with E-state index in [0.717, 1.165) is 17.3 Å². The number of hydrogen-bond donors (Lipinski definition) is 0. The molecule has 0 aliphatic carbocycles. The average Bonchev–Trinajstić information content (AvgIpc) is 2.05. The Morgan fingerprint density at radius 1 is 1.42 bits per heavy atom. The smallest absolute Gasteiger partial charge is 0.123 e. The molecular weight excluding hydrogens is 219 g/mol. The normalized spacial score (nSPS) is 10.8. The van der Waals surface area contributed by atoms with Crippen molar-refractivity contribution in [2.45, 2.75) is 6.42 Å². The molecule has 0 spiro atoms. The lowest BCUT2D eigenvalue weighted by molar-refractivity contribution is 0.627. The van der Waals surface area contributed by atoms with Crippen molar-refractivity contribution in [3.63, 3.8) is 0 Å². The number of halogens is 2. The lowest BCUT2D eigenvalue weighted by Crippen LogP contribution is -1.75. The summed E-state index contributed by atoms with van der Waals surface area (Å²) in [5.74, 6) is -0.184. The molecule has 0 saturated heterocycles. The summed E-state index contributed by atoms with van der Waals surface area (Å²) in [6.07, 6.45) is 4.91. The van der Waals surface area contributed by atoms with Gasteiger partial charge in [0.15, 0.2) is 0 Å². The molecule has 0 heterocycles. The minimum Gasteiger partial charge on any atom is -0.207 e. The predicted molar refractivity (Wildman–Crippen MR) is 53.8 cm³/mol. The van der Waals surface area contributed by atoms with Crippen molar-refractivity contribution < 1.29 is 4.39 Å². The fraction of sp³-hybridized carbons (Fsp3) is 0.200. The SMILES string of the molecule is Fc1cccc(/C=C/CCBr)c1. The minimum atomic E-state index is -0.184. The van der Waals surface area contributed by atoms with Crippen LogP contribution >= 0.6 is 15.9 Å². The van der Waals surface area contributed by atoms with Crippen LogP contribution in [0.3, 0.4) is 0 Å². The Morgan fingerprint density at radius 3 is 2.92 bits per heavy atom. The molecule has 1 aromatic rings. The van der Waals surface area contributed by atoms with E-state index in [9.17, 15) is 4.39 Å². The molecule has 12 heavy (non-hydrogen) atoms. The second-order valence-electron chi connectivity index (χ2n) is 2.44. The molecule has 1 rings (SSSR count). The van der Waals surface area contributed by atoms with Crippen LogP contribution in [0.15, 0.2) is 30.3 Å². The summed E-state index contributed by atoms with van der Waals surface area (Å²) >= 11 is 3.31. The highest BCUT2D eigenvalue weighted by Crippen LogP contribution is 2.05. The first-order valence-corrected chi connectivity index (χ1v) is 4.93. The highest BCUT2D eigenvalue weighted by atomic mass is 79.9. The standard InChI is InChI=1S/C10H10BrF/c11-7-2-1-4-9-5-3-6-10(12)8-9/h1,3-6,8H,2,7H2/b4-1+. The topological polar surface area (TPSA) is 0 Å². The van der Waals surface area contributed by atoms with E-state index in [1.807, 2.05) is 18.2 Å². The zero-order valence-corrected chi connectivity index (χ0v) is 8.22. The molecule has 0 fully saturated rings. The summed E-state index contributed by atoms with van der Waals surface area (Å²) in [4.78, 5) is 0. The molecule has 0 bridgehead atoms. The van der Waals surface area contributed by atoms with Crippen molar-refractivity contribution in [1.29, 1.82) is 0 Å². The summed E-state index contributed by atoms with van der Waals surface area (Å²) < 4.78 is 12.6. The second-order valence-corrected chi connectivity index (χ2v) is 3.23. The zero-order chi connectivity index (χ0) is 8.81. The van der Waals surface area contributed by atoms with Crippen LogP contribution < -0.4 is 0 Å². The van der Waals surface area contributed by atoms with Crippen molar-refractivity contribution >= 4 is 22.0 Å². The summed E-state index contributed by atoms with van der Waals surface area (Å²) in [5.41, 5.74) is 0.913. The first-order chi connectivity index (χ1) is 5.83. The Labute approximate surface area is 80.2 Å². The van der Waals surface area contributed by atoms with Gasteiger partial charge in [0.2, 0.25) is 0 Å². The third kappa shape index (κ3) is 3.18. The number of benzene rings is 1. The van der Waals surface area contributed by atoms with Crippen LogP contribution in [-0.2, 0) is 0 Å². The molecule has 0 aromatic heterocycles. The molecule has 0 N–H and O–H groups in total. The summed E-state index contributed by atoms with van der Waals surface area (Å²) in [7, 11) is 0. The molecule has 64 valence electrons. The van der Waals surface area contributed by atoms with Crippen LogP contribution in [0.4, 0.5) is 4.39 Å². The zero-order valence-electron chi connectivity index (χ0n) is 6.63. The van der Waals surface area contributed by atoms with Gasteiger partial charge in [-0.3, -0.25) is 0 Å². The van der Waals surface area contributed by atoms with Crippen molar-refractivity contribution in [2.75, 3.05) is 5.33 Å². The van der Waals surface area contributed by atoms with Gasteiger partial charge < -0.3 is 0 Å².